The van der Waals surface area contributed by atoms with E-state index in [1.54, 1.807) is 18.2 Å². The molecule has 0 bridgehead atoms. The van der Waals surface area contributed by atoms with Gasteiger partial charge in [-0.25, -0.2) is 4.79 Å². The van der Waals surface area contributed by atoms with E-state index in [1.807, 2.05) is 0 Å². The number of nitrogens with zero attached hydrogens (tertiary/aromatic N) is 2. The summed E-state index contributed by atoms with van der Waals surface area (Å²) in [5.41, 5.74) is 0.584. The van der Waals surface area contributed by atoms with Crippen molar-refractivity contribution >= 4 is 40.8 Å². The largest absolute Gasteiger partial charge is 0.478 e. The smallest absolute Gasteiger partial charge is 0.338 e. The summed E-state index contributed by atoms with van der Waals surface area (Å²) in [5, 5.41) is 16.1. The zero-order chi connectivity index (χ0) is 15.4. The van der Waals surface area contributed by atoms with Crippen molar-refractivity contribution in [3.05, 3.63) is 46.2 Å². The van der Waals surface area contributed by atoms with Crippen molar-refractivity contribution in [3.8, 4) is 0 Å². The Morgan fingerprint density at radius 1 is 1.24 bits per heavy atom. The van der Waals surface area contributed by atoms with Gasteiger partial charge in [-0.05, 0) is 18.2 Å². The first-order valence-corrected chi connectivity index (χ1v) is 6.71. The number of nitrogens with one attached hydrogen (secondary N) is 1. The average molecular weight is 328 g/mol. The number of aryl methyl sites for hydroxylation is 1. The Balaban J connectivity index is 1.90. The molecule has 0 fully saturated rings. The minimum atomic E-state index is -1.06. The summed E-state index contributed by atoms with van der Waals surface area (Å²) >= 11 is 11.7. The van der Waals surface area contributed by atoms with Crippen LogP contribution in [0, 0.1) is 0 Å². The van der Waals surface area contributed by atoms with Crippen LogP contribution >= 0.6 is 23.2 Å². The minimum Gasteiger partial charge on any atom is -0.478 e. The Hall–Kier alpha value is -2.05. The summed E-state index contributed by atoms with van der Waals surface area (Å²) in [6.07, 6.45) is 2.74. The van der Waals surface area contributed by atoms with Crippen molar-refractivity contribution in [2.75, 3.05) is 5.32 Å². The van der Waals surface area contributed by atoms with E-state index in [4.69, 9.17) is 28.3 Å². The van der Waals surface area contributed by atoms with Gasteiger partial charge in [0.1, 0.15) is 0 Å². The van der Waals surface area contributed by atoms with E-state index < -0.39 is 5.97 Å². The highest BCUT2D eigenvalue weighted by Crippen LogP contribution is 2.22. The fourth-order valence-corrected chi connectivity index (χ4v) is 2.19. The molecule has 0 aliphatic rings. The molecule has 0 atom stereocenters. The predicted molar refractivity (Wildman–Crippen MR) is 78.9 cm³/mol. The van der Waals surface area contributed by atoms with Crippen LogP contribution < -0.4 is 5.32 Å². The van der Waals surface area contributed by atoms with E-state index >= 15 is 0 Å². The summed E-state index contributed by atoms with van der Waals surface area (Å²) < 4.78 is 1.40. The summed E-state index contributed by atoms with van der Waals surface area (Å²) in [6.45, 7) is 0.271. The molecule has 6 nitrogen and oxygen atoms in total. The number of benzene rings is 1. The van der Waals surface area contributed by atoms with Gasteiger partial charge in [0.15, 0.2) is 0 Å². The molecule has 1 heterocycles. The van der Waals surface area contributed by atoms with Crippen molar-refractivity contribution in [2.24, 2.45) is 0 Å². The number of hydrogen-bond acceptors (Lipinski definition) is 3. The fraction of sp³-hybridized carbons (Fsp3) is 0.154. The van der Waals surface area contributed by atoms with Crippen molar-refractivity contribution in [1.29, 1.82) is 0 Å². The van der Waals surface area contributed by atoms with E-state index in [0.29, 0.717) is 15.7 Å². The van der Waals surface area contributed by atoms with Crippen molar-refractivity contribution in [2.45, 2.75) is 13.0 Å². The molecule has 0 unspecified atom stereocenters. The van der Waals surface area contributed by atoms with Crippen LogP contribution in [0.25, 0.3) is 0 Å². The molecule has 1 aromatic heterocycles. The molecule has 0 spiro atoms. The third kappa shape index (κ3) is 4.47. The summed E-state index contributed by atoms with van der Waals surface area (Å²) in [6, 6.07) is 4.74. The third-order valence-electron chi connectivity index (χ3n) is 2.59. The Kier molecular flexibility index (Phi) is 4.82. The van der Waals surface area contributed by atoms with Crippen LogP contribution in [-0.2, 0) is 11.3 Å². The van der Waals surface area contributed by atoms with Crippen LogP contribution in [0.3, 0.4) is 0 Å². The zero-order valence-electron chi connectivity index (χ0n) is 10.7. The molecule has 8 heteroatoms. The van der Waals surface area contributed by atoms with Crippen LogP contribution in [0.2, 0.25) is 10.0 Å². The summed E-state index contributed by atoms with van der Waals surface area (Å²) in [5.74, 6) is -1.31. The van der Waals surface area contributed by atoms with Crippen LogP contribution in [0.1, 0.15) is 16.8 Å². The molecule has 0 saturated heterocycles. The number of carbonyl (C=O) groups is 2. The topological polar surface area (TPSA) is 84.2 Å². The molecule has 2 N–H and O–H groups in total. The number of aromatic carboxylic acids is 1. The number of carboxylic acid groups (broad SMARTS) is 1. The Morgan fingerprint density at radius 3 is 2.48 bits per heavy atom. The second-order valence-corrected chi connectivity index (χ2v) is 5.13. The number of aromatic nitrogens is 2. The number of rotatable bonds is 5. The normalized spacial score (nSPS) is 10.4. The molecular weight excluding hydrogens is 317 g/mol. The van der Waals surface area contributed by atoms with Gasteiger partial charge in [-0.2, -0.15) is 5.10 Å². The molecule has 1 amide bonds. The SMILES string of the molecule is O=C(CCn1cc(C(=O)O)cn1)Nc1cc(Cl)cc(Cl)c1. The molecule has 0 radical (unpaired) electrons. The molecule has 1 aromatic carbocycles. The van der Waals surface area contributed by atoms with Gasteiger partial charge in [0.05, 0.1) is 11.8 Å². The average Bonchev–Trinajstić information content (AvgIpc) is 2.84. The maximum absolute atomic E-state index is 11.8. The van der Waals surface area contributed by atoms with Crippen LogP contribution in [-0.4, -0.2) is 26.8 Å². The number of anilines is 1. The number of carbonyl (C=O) groups excluding carboxylic acids is 1. The highest BCUT2D eigenvalue weighted by molar-refractivity contribution is 6.35. The molecular formula is C13H11Cl2N3O3. The first kappa shape index (κ1) is 15.3. The number of hydrogen-bond donors (Lipinski definition) is 2. The first-order valence-electron chi connectivity index (χ1n) is 5.96. The van der Waals surface area contributed by atoms with Gasteiger partial charge in [0, 0.05) is 34.9 Å². The molecule has 2 rings (SSSR count). The lowest BCUT2D eigenvalue weighted by molar-refractivity contribution is -0.116. The summed E-state index contributed by atoms with van der Waals surface area (Å²) in [4.78, 5) is 22.5. The second-order valence-electron chi connectivity index (χ2n) is 4.25. The second kappa shape index (κ2) is 6.60. The molecule has 21 heavy (non-hydrogen) atoms. The third-order valence-corrected chi connectivity index (χ3v) is 3.03. The molecule has 110 valence electrons. The van der Waals surface area contributed by atoms with Gasteiger partial charge < -0.3 is 10.4 Å². The van der Waals surface area contributed by atoms with Crippen LogP contribution in [0.5, 0.6) is 0 Å². The van der Waals surface area contributed by atoms with Gasteiger partial charge >= 0.3 is 5.97 Å². The van der Waals surface area contributed by atoms with Crippen molar-refractivity contribution in [1.82, 2.24) is 9.78 Å². The number of halogens is 2. The molecule has 0 aliphatic heterocycles. The zero-order valence-corrected chi connectivity index (χ0v) is 12.2. The van der Waals surface area contributed by atoms with E-state index in [9.17, 15) is 9.59 Å². The van der Waals surface area contributed by atoms with Crippen molar-refractivity contribution < 1.29 is 14.7 Å². The van der Waals surface area contributed by atoms with Gasteiger partial charge in [-0.3, -0.25) is 9.48 Å². The van der Waals surface area contributed by atoms with Crippen molar-refractivity contribution in [3.63, 3.8) is 0 Å². The van der Waals surface area contributed by atoms with Crippen LogP contribution in [0.15, 0.2) is 30.6 Å². The number of carboxylic acids is 1. The van der Waals surface area contributed by atoms with Gasteiger partial charge in [0.2, 0.25) is 5.91 Å². The fourth-order valence-electron chi connectivity index (χ4n) is 1.66. The molecule has 2 aromatic rings. The van der Waals surface area contributed by atoms with Crippen LogP contribution in [0.4, 0.5) is 5.69 Å². The standard InChI is InChI=1S/C13H11Cl2N3O3/c14-9-3-10(15)5-11(4-9)17-12(19)1-2-18-7-8(6-16-18)13(20)21/h3-7H,1-2H2,(H,17,19)(H,20,21). The van der Waals surface area contributed by atoms with E-state index in [1.165, 1.54) is 17.1 Å². The quantitative estimate of drug-likeness (QED) is 0.884. The Bertz CT molecular complexity index is 665. The lowest BCUT2D eigenvalue weighted by atomic mass is 10.3. The highest BCUT2D eigenvalue weighted by atomic mass is 35.5. The molecule has 0 saturated carbocycles. The lowest BCUT2D eigenvalue weighted by Crippen LogP contribution is -2.14. The summed E-state index contributed by atoms with van der Waals surface area (Å²) in [7, 11) is 0. The monoisotopic (exact) mass is 327 g/mol. The number of amides is 1. The predicted octanol–water partition coefficient (Wildman–Crippen LogP) is 2.92. The van der Waals surface area contributed by atoms with E-state index in [-0.39, 0.29) is 24.4 Å². The lowest BCUT2D eigenvalue weighted by Gasteiger charge is -2.06. The Morgan fingerprint density at radius 2 is 1.90 bits per heavy atom. The first-order chi connectivity index (χ1) is 9.94. The van der Waals surface area contributed by atoms with Gasteiger partial charge in [-0.15, -0.1) is 0 Å². The maximum atomic E-state index is 11.8. The Labute approximate surface area is 130 Å². The minimum absolute atomic E-state index is 0.0806. The maximum Gasteiger partial charge on any atom is 0.338 e. The van der Waals surface area contributed by atoms with E-state index in [0.717, 1.165) is 0 Å². The van der Waals surface area contributed by atoms with Gasteiger partial charge in [-0.1, -0.05) is 23.2 Å². The van der Waals surface area contributed by atoms with Gasteiger partial charge in [0.25, 0.3) is 0 Å². The van der Waals surface area contributed by atoms with E-state index in [2.05, 4.69) is 10.4 Å². The molecule has 0 aliphatic carbocycles. The highest BCUT2D eigenvalue weighted by Gasteiger charge is 2.08.